The van der Waals surface area contributed by atoms with Gasteiger partial charge in [0.1, 0.15) is 5.82 Å². The summed E-state index contributed by atoms with van der Waals surface area (Å²) in [7, 11) is 0. The van der Waals surface area contributed by atoms with Crippen molar-refractivity contribution < 1.29 is 46.4 Å². The van der Waals surface area contributed by atoms with E-state index in [1.54, 1.807) is 28.8 Å². The molecule has 1 aliphatic heterocycles. The third kappa shape index (κ3) is 10.7. The predicted octanol–water partition coefficient (Wildman–Crippen LogP) is 21.5. The maximum absolute atomic E-state index is 10.5. The Bertz CT molecular complexity index is 5000. The van der Waals surface area contributed by atoms with Crippen molar-refractivity contribution in [2.24, 2.45) is 0 Å². The second kappa shape index (κ2) is 21.1. The Morgan fingerprint density at radius 3 is 1.80 bits per heavy atom. The molecule has 0 fully saturated rings. The number of hydrogen-bond donors (Lipinski definition) is 0. The normalized spacial score (nSPS) is 17.5. The molecule has 432 valence electrons. The monoisotopic (exact) mass is 1300 g/mol. The van der Waals surface area contributed by atoms with Crippen molar-refractivity contribution in [2.45, 2.75) is 156 Å². The summed E-state index contributed by atoms with van der Waals surface area (Å²) in [4.78, 5) is 8.80. The summed E-state index contributed by atoms with van der Waals surface area (Å²) in [6.07, 6.45) is 2.97. The molecule has 0 amide bonds. The van der Waals surface area contributed by atoms with E-state index < -0.39 is 74.8 Å². The van der Waals surface area contributed by atoms with Gasteiger partial charge < -0.3 is 19.1 Å². The van der Waals surface area contributed by atoms with Crippen molar-refractivity contribution in [2.75, 3.05) is 9.80 Å². The van der Waals surface area contributed by atoms with Crippen LogP contribution in [0.15, 0.2) is 170 Å². The molecule has 0 saturated carbocycles. The standard InChI is InChI=1S/C78H81N4O.Pt/c1-73(2,3)53-39-52(40-54(42-53)74(4,5)6)62-44-55(75(7,8)9)43-61(51-33-36-64-66(41-51)78(15,16)38-37-77(64,13)14)72(62)81-49-80(68-31-22-23-32-69(68)81)56-27-24-28-57(45-56)83-58-34-35-60-59-29-20-21-30-67(59)82(70(60)46-58)71-47-65(76(10,11)12)63(48-79-71)50-25-18-17-19-26-50;/h17-36,39-44,47-49H,37-38H2,1-16H3;/q-3;/i17D,18D,19D,20D,21D,25D,26D,29D,30D,33D,36D,39D,40D,41D,42D;. The fourth-order valence-corrected chi connectivity index (χ4v) is 11.4. The molecule has 84 heavy (non-hydrogen) atoms. The SMILES string of the molecule is [2H]c1c([2H])c([2H])c(-c2cnc(-n3c4[c-]c(Oc5[c-]c(N6[CH-]N(c7c(-c8c([2H])c(C(C)(C)C)c([2H])c(C(C)(C)C)c8[2H])cc(C(C)(C)C)cc7-c7c([2H])c([2H])c8c(c7[2H])C(C)(C)CCC8(C)C)c7ccccc76)ccc5)ccc4c4c([2H])c([2H])c([2H])c([2H])c43)cc2C(C)(C)C)c([2H])c1[2H].[Pt]. The third-order valence-corrected chi connectivity index (χ3v) is 16.4. The van der Waals surface area contributed by atoms with Crippen LogP contribution in [-0.2, 0) is 53.6 Å². The number of para-hydroxylation sites is 3. The Morgan fingerprint density at radius 1 is 0.536 bits per heavy atom. The third-order valence-electron chi connectivity index (χ3n) is 16.4. The first-order valence-corrected chi connectivity index (χ1v) is 28.7. The van der Waals surface area contributed by atoms with Crippen molar-refractivity contribution in [3.63, 3.8) is 0 Å². The molecule has 1 aliphatic carbocycles. The summed E-state index contributed by atoms with van der Waals surface area (Å²) in [5.74, 6) is 0.637. The first-order chi connectivity index (χ1) is 45.4. The largest absolute Gasteiger partial charge is 0.509 e. The van der Waals surface area contributed by atoms with Gasteiger partial charge in [-0.3, -0.25) is 0 Å². The number of ether oxygens (including phenoxy) is 1. The van der Waals surface area contributed by atoms with Crippen molar-refractivity contribution >= 4 is 44.6 Å². The second-order valence-electron chi connectivity index (χ2n) is 27.8. The Hall–Kier alpha value is -7.20. The van der Waals surface area contributed by atoms with E-state index in [0.29, 0.717) is 72.6 Å². The summed E-state index contributed by atoms with van der Waals surface area (Å²) >= 11 is 0. The van der Waals surface area contributed by atoms with Crippen molar-refractivity contribution in [1.29, 1.82) is 0 Å². The maximum atomic E-state index is 10.5. The van der Waals surface area contributed by atoms with Gasteiger partial charge in [0.15, 0.2) is 0 Å². The van der Waals surface area contributed by atoms with E-state index in [0.717, 1.165) is 24.0 Å². The molecule has 0 atom stereocenters. The van der Waals surface area contributed by atoms with Gasteiger partial charge in [-0.15, -0.1) is 48.1 Å². The number of benzene rings is 8. The molecule has 0 radical (unpaired) electrons. The van der Waals surface area contributed by atoms with Crippen LogP contribution in [0.4, 0.5) is 22.7 Å². The van der Waals surface area contributed by atoms with Crippen LogP contribution in [0.25, 0.3) is 61.0 Å². The molecule has 0 saturated heterocycles. The van der Waals surface area contributed by atoms with Crippen LogP contribution in [-0.4, -0.2) is 9.55 Å². The van der Waals surface area contributed by atoms with Gasteiger partial charge in [-0.25, -0.2) is 4.98 Å². The smallest absolute Gasteiger partial charge is 0.135 e. The van der Waals surface area contributed by atoms with Gasteiger partial charge in [0.05, 0.1) is 20.6 Å². The molecule has 12 rings (SSSR count). The van der Waals surface area contributed by atoms with Crippen molar-refractivity contribution in [3.05, 3.63) is 222 Å². The van der Waals surface area contributed by atoms with E-state index in [1.807, 2.05) is 127 Å². The van der Waals surface area contributed by atoms with E-state index in [1.165, 1.54) is 6.20 Å². The van der Waals surface area contributed by atoms with Gasteiger partial charge in [-0.1, -0.05) is 213 Å². The molecule has 8 aromatic carbocycles. The number of anilines is 4. The summed E-state index contributed by atoms with van der Waals surface area (Å²) in [6, 6.07) is 25.7. The summed E-state index contributed by atoms with van der Waals surface area (Å²) in [5, 5.41) is 0.617. The fourth-order valence-electron chi connectivity index (χ4n) is 11.4. The van der Waals surface area contributed by atoms with Crippen LogP contribution in [0.3, 0.4) is 0 Å². The number of hydrogen-bond acceptors (Lipinski definition) is 4. The molecule has 5 nitrogen and oxygen atoms in total. The zero-order valence-electron chi connectivity index (χ0n) is 66.0. The minimum atomic E-state index is -0.726. The maximum Gasteiger partial charge on any atom is 0.135 e. The number of aromatic nitrogens is 2. The van der Waals surface area contributed by atoms with Gasteiger partial charge in [0, 0.05) is 78.0 Å². The fraction of sp³-hybridized carbons (Fsp3) is 0.308. The zero-order valence-corrected chi connectivity index (χ0v) is 53.3. The predicted molar refractivity (Wildman–Crippen MR) is 351 cm³/mol. The molecular weight excluding hydrogens is 1200 g/mol. The van der Waals surface area contributed by atoms with E-state index in [9.17, 15) is 11.0 Å². The summed E-state index contributed by atoms with van der Waals surface area (Å²) < 4.78 is 149. The molecule has 2 aromatic heterocycles. The number of nitrogens with zero attached hydrogens (tertiary/aromatic N) is 4. The molecular formula is C78H81N4OPt-3. The summed E-state index contributed by atoms with van der Waals surface area (Å²) in [5.41, 5.74) is 4.54. The molecule has 6 heteroatoms. The quantitative estimate of drug-likeness (QED) is 0.142. The first-order valence-electron chi connectivity index (χ1n) is 36.2. The minimum Gasteiger partial charge on any atom is -0.509 e. The van der Waals surface area contributed by atoms with E-state index in [-0.39, 0.29) is 114 Å². The zero-order chi connectivity index (χ0) is 71.8. The molecule has 0 bridgehead atoms. The van der Waals surface area contributed by atoms with Crippen molar-refractivity contribution in [1.82, 2.24) is 9.55 Å². The molecule has 10 aromatic rings. The number of fused-ring (bicyclic) bond motifs is 5. The molecule has 0 spiro atoms. The van der Waals surface area contributed by atoms with Crippen LogP contribution in [0.2, 0.25) is 0 Å². The average Bonchev–Trinajstić information content (AvgIpc) is 1.54. The first kappa shape index (κ1) is 42.6. The molecule has 0 N–H and O–H groups in total. The van der Waals surface area contributed by atoms with Crippen LogP contribution in [0.1, 0.15) is 178 Å². The Labute approximate surface area is 536 Å². The van der Waals surface area contributed by atoms with Crippen molar-refractivity contribution in [3.8, 4) is 50.7 Å². The van der Waals surface area contributed by atoms with E-state index >= 15 is 0 Å². The number of pyridine rings is 1. The van der Waals surface area contributed by atoms with E-state index in [2.05, 4.69) is 60.6 Å². The van der Waals surface area contributed by atoms with E-state index in [4.69, 9.17) is 19.3 Å². The Kier molecular flexibility index (Phi) is 10.7. The number of rotatable bonds is 8. The van der Waals surface area contributed by atoms with Crippen LogP contribution < -0.4 is 14.5 Å². The molecule has 0 unspecified atom stereocenters. The van der Waals surface area contributed by atoms with Gasteiger partial charge >= 0.3 is 0 Å². The van der Waals surface area contributed by atoms with Crippen LogP contribution >= 0.6 is 0 Å². The van der Waals surface area contributed by atoms with Gasteiger partial charge in [-0.05, 0) is 137 Å². The Morgan fingerprint density at radius 2 is 1.14 bits per heavy atom. The van der Waals surface area contributed by atoms with Gasteiger partial charge in [0.25, 0.3) is 0 Å². The van der Waals surface area contributed by atoms with Gasteiger partial charge in [0.2, 0.25) is 0 Å². The van der Waals surface area contributed by atoms with Gasteiger partial charge in [-0.2, -0.15) is 12.1 Å². The molecule has 2 aliphatic rings. The van der Waals surface area contributed by atoms with Crippen LogP contribution in [0.5, 0.6) is 11.5 Å². The average molecular weight is 1300 g/mol. The minimum absolute atomic E-state index is 0. The summed E-state index contributed by atoms with van der Waals surface area (Å²) in [6.45, 7) is 34.2. The van der Waals surface area contributed by atoms with Crippen LogP contribution in [0, 0.1) is 18.8 Å². The Balaban J connectivity index is 0.00000990. The topological polar surface area (TPSA) is 33.5 Å². The second-order valence-corrected chi connectivity index (χ2v) is 27.8. The molecule has 3 heterocycles.